The fraction of sp³-hybridized carbons (Fsp3) is 0.917. The smallest absolute Gasteiger partial charge is 0.220 e. The third kappa shape index (κ3) is 8.00. The molecule has 0 spiro atoms. The Morgan fingerprint density at radius 1 is 1.11 bits per heavy atom. The van der Waals surface area contributed by atoms with Crippen LogP contribution in [0, 0.1) is 11.8 Å². The van der Waals surface area contributed by atoms with Crippen molar-refractivity contribution in [1.82, 2.24) is 4.31 Å². The Hall–Kier alpha value is -0.200. The minimum atomic E-state index is -3.35. The average Bonchev–Trinajstić information content (AvgIpc) is 2.13. The molecule has 0 heterocycles. The van der Waals surface area contributed by atoms with Crippen LogP contribution in [0.25, 0.3) is 0 Å². The maximum atomic E-state index is 12.1. The summed E-state index contributed by atoms with van der Waals surface area (Å²) in [5.74, 6) is 0.733. The lowest BCUT2D eigenvalue weighted by Gasteiger charge is -2.23. The van der Waals surface area contributed by atoms with E-state index in [2.05, 4.69) is 27.7 Å². The van der Waals surface area contributed by atoms with Crippen LogP contribution in [-0.2, 0) is 10.0 Å². The Bertz CT molecular complexity index is 339. The van der Waals surface area contributed by atoms with Crippen LogP contribution in [0.15, 0.2) is 0 Å². The summed E-state index contributed by atoms with van der Waals surface area (Å²) < 4.78 is 25.8. The topological polar surface area (TPSA) is 63.4 Å². The molecule has 6 heteroatoms. The Labute approximate surface area is 117 Å². The molecule has 0 aliphatic rings. The highest BCUT2D eigenvalue weighted by atomic mass is 32.2. The molecule has 0 aromatic rings. The van der Waals surface area contributed by atoms with Gasteiger partial charge in [-0.05, 0) is 24.7 Å². The zero-order valence-corrected chi connectivity index (χ0v) is 13.5. The quantitative estimate of drug-likeness (QED) is 0.661. The summed E-state index contributed by atoms with van der Waals surface area (Å²) in [6.07, 6.45) is 1.71. The van der Waals surface area contributed by atoms with Crippen LogP contribution >= 0.6 is 12.2 Å². The fourth-order valence-corrected chi connectivity index (χ4v) is 3.22. The first-order valence-electron chi connectivity index (χ1n) is 6.41. The molecule has 0 fully saturated rings. The van der Waals surface area contributed by atoms with E-state index in [4.69, 9.17) is 18.0 Å². The molecule has 0 unspecified atom stereocenters. The van der Waals surface area contributed by atoms with E-state index in [0.717, 1.165) is 12.8 Å². The summed E-state index contributed by atoms with van der Waals surface area (Å²) in [6, 6.07) is 0. The summed E-state index contributed by atoms with van der Waals surface area (Å²) in [7, 11) is -3.35. The predicted molar refractivity (Wildman–Crippen MR) is 81.1 cm³/mol. The number of sulfonamides is 1. The van der Waals surface area contributed by atoms with Crippen molar-refractivity contribution in [2.75, 3.05) is 18.8 Å². The van der Waals surface area contributed by atoms with Crippen LogP contribution in [-0.4, -0.2) is 36.6 Å². The normalized spacial score (nSPS) is 12.6. The summed E-state index contributed by atoms with van der Waals surface area (Å²) in [5.41, 5.74) is 5.35. The van der Waals surface area contributed by atoms with E-state index in [-0.39, 0.29) is 10.7 Å². The summed E-state index contributed by atoms with van der Waals surface area (Å²) in [6.45, 7) is 9.44. The van der Waals surface area contributed by atoms with Crippen molar-refractivity contribution in [1.29, 1.82) is 0 Å². The first-order valence-corrected chi connectivity index (χ1v) is 8.43. The molecule has 0 aliphatic heterocycles. The van der Waals surface area contributed by atoms with Crippen molar-refractivity contribution in [3.05, 3.63) is 0 Å². The lowest BCUT2D eigenvalue weighted by atomic mass is 10.1. The number of hydrogen-bond acceptors (Lipinski definition) is 3. The van der Waals surface area contributed by atoms with Crippen molar-refractivity contribution >= 4 is 27.2 Å². The van der Waals surface area contributed by atoms with Gasteiger partial charge >= 0.3 is 0 Å². The fourth-order valence-electron chi connectivity index (χ4n) is 1.47. The SMILES string of the molecule is CC(C)CCN(CCC(C)C)S(=O)(=O)CC(N)=S. The molecule has 0 atom stereocenters. The van der Waals surface area contributed by atoms with E-state index in [1.807, 2.05) is 0 Å². The molecule has 2 N–H and O–H groups in total. The van der Waals surface area contributed by atoms with Gasteiger partial charge in [0.05, 0.1) is 4.99 Å². The Kier molecular flexibility index (Phi) is 7.98. The van der Waals surface area contributed by atoms with Gasteiger partial charge < -0.3 is 5.73 Å². The van der Waals surface area contributed by atoms with Gasteiger partial charge in [0.15, 0.2) is 0 Å². The molecule has 0 radical (unpaired) electrons. The van der Waals surface area contributed by atoms with Crippen molar-refractivity contribution in [2.24, 2.45) is 17.6 Å². The van der Waals surface area contributed by atoms with Crippen LogP contribution < -0.4 is 5.73 Å². The maximum absolute atomic E-state index is 12.1. The third-order valence-electron chi connectivity index (χ3n) is 2.63. The maximum Gasteiger partial charge on any atom is 0.220 e. The van der Waals surface area contributed by atoms with E-state index >= 15 is 0 Å². The molecule has 18 heavy (non-hydrogen) atoms. The van der Waals surface area contributed by atoms with Crippen LogP contribution in [0.3, 0.4) is 0 Å². The summed E-state index contributed by atoms with van der Waals surface area (Å²) in [4.78, 5) is 0.0362. The number of hydrogen-bond donors (Lipinski definition) is 1. The van der Waals surface area contributed by atoms with Gasteiger partial charge in [-0.25, -0.2) is 12.7 Å². The van der Waals surface area contributed by atoms with Crippen molar-refractivity contribution in [3.63, 3.8) is 0 Å². The van der Waals surface area contributed by atoms with Crippen LogP contribution in [0.4, 0.5) is 0 Å². The van der Waals surface area contributed by atoms with Gasteiger partial charge in [0, 0.05) is 13.1 Å². The molecule has 0 saturated heterocycles. The minimum absolute atomic E-state index is 0.0362. The summed E-state index contributed by atoms with van der Waals surface area (Å²) in [5, 5.41) is 0. The average molecular weight is 294 g/mol. The van der Waals surface area contributed by atoms with Crippen LogP contribution in [0.5, 0.6) is 0 Å². The monoisotopic (exact) mass is 294 g/mol. The molecule has 0 amide bonds. The van der Waals surface area contributed by atoms with Gasteiger partial charge in [-0.2, -0.15) is 0 Å². The molecular formula is C12H26N2O2S2. The van der Waals surface area contributed by atoms with E-state index in [9.17, 15) is 8.42 Å². The second-order valence-electron chi connectivity index (χ2n) is 5.49. The molecule has 4 nitrogen and oxygen atoms in total. The van der Waals surface area contributed by atoms with Gasteiger partial charge in [0.2, 0.25) is 10.0 Å². The standard InChI is InChI=1S/C12H26N2O2S2/c1-10(2)5-7-14(8-6-11(3)4)18(15,16)9-12(13)17/h10-11H,5-9H2,1-4H3,(H2,13,17). The zero-order valence-electron chi connectivity index (χ0n) is 11.8. The highest BCUT2D eigenvalue weighted by Crippen LogP contribution is 2.11. The number of nitrogens with two attached hydrogens (primary N) is 1. The number of thiocarbonyl (C=S) groups is 1. The second-order valence-corrected chi connectivity index (χ2v) is 7.98. The van der Waals surface area contributed by atoms with E-state index < -0.39 is 10.0 Å². The molecule has 108 valence electrons. The van der Waals surface area contributed by atoms with E-state index in [1.54, 1.807) is 0 Å². The van der Waals surface area contributed by atoms with E-state index in [1.165, 1.54) is 4.31 Å². The van der Waals surface area contributed by atoms with Crippen LogP contribution in [0.1, 0.15) is 40.5 Å². The van der Waals surface area contributed by atoms with Gasteiger partial charge in [-0.3, -0.25) is 0 Å². The van der Waals surface area contributed by atoms with Gasteiger partial charge in [-0.1, -0.05) is 39.9 Å². The lowest BCUT2D eigenvalue weighted by molar-refractivity contribution is 0.358. The highest BCUT2D eigenvalue weighted by Gasteiger charge is 2.22. The first-order chi connectivity index (χ1) is 8.15. The summed E-state index contributed by atoms with van der Waals surface area (Å²) >= 11 is 4.71. The first kappa shape index (κ1) is 17.8. The van der Waals surface area contributed by atoms with Gasteiger partial charge in [0.25, 0.3) is 0 Å². The minimum Gasteiger partial charge on any atom is -0.392 e. The largest absolute Gasteiger partial charge is 0.392 e. The number of nitrogens with zero attached hydrogens (tertiary/aromatic N) is 1. The molecule has 0 rings (SSSR count). The molecule has 0 aliphatic carbocycles. The Morgan fingerprint density at radius 2 is 1.50 bits per heavy atom. The zero-order chi connectivity index (χ0) is 14.3. The van der Waals surface area contributed by atoms with Gasteiger partial charge in [-0.15, -0.1) is 0 Å². The third-order valence-corrected chi connectivity index (χ3v) is 4.78. The molecular weight excluding hydrogens is 268 g/mol. The van der Waals surface area contributed by atoms with Crippen molar-refractivity contribution < 1.29 is 8.42 Å². The van der Waals surface area contributed by atoms with Crippen molar-refractivity contribution in [2.45, 2.75) is 40.5 Å². The molecule has 0 bridgehead atoms. The molecule has 0 aromatic heterocycles. The second kappa shape index (κ2) is 8.07. The lowest BCUT2D eigenvalue weighted by Crippen LogP contribution is -2.39. The highest BCUT2D eigenvalue weighted by molar-refractivity contribution is 7.92. The molecule has 0 aromatic carbocycles. The van der Waals surface area contributed by atoms with Crippen molar-refractivity contribution in [3.8, 4) is 0 Å². The Balaban J connectivity index is 4.67. The van der Waals surface area contributed by atoms with Gasteiger partial charge in [0.1, 0.15) is 5.75 Å². The Morgan fingerprint density at radius 3 is 1.78 bits per heavy atom. The predicted octanol–water partition coefficient (Wildman–Crippen LogP) is 2.00. The van der Waals surface area contributed by atoms with E-state index in [0.29, 0.717) is 24.9 Å². The number of rotatable bonds is 9. The van der Waals surface area contributed by atoms with Crippen LogP contribution in [0.2, 0.25) is 0 Å². The molecule has 0 saturated carbocycles.